The third-order valence-corrected chi connectivity index (χ3v) is 4.59. The summed E-state index contributed by atoms with van der Waals surface area (Å²) in [5.41, 5.74) is 1.83. The van der Waals surface area contributed by atoms with Gasteiger partial charge in [-0.15, -0.1) is 13.2 Å². The minimum absolute atomic E-state index is 0.136. The molecule has 164 valence electrons. The van der Waals surface area contributed by atoms with Crippen molar-refractivity contribution in [2.24, 2.45) is 0 Å². The number of benzene rings is 2. The van der Waals surface area contributed by atoms with Gasteiger partial charge in [0.05, 0.1) is 12.3 Å². The minimum atomic E-state index is -4.79. The molecule has 0 aliphatic rings. The number of rotatable bonds is 8. The monoisotopic (exact) mass is 496 g/mol. The van der Waals surface area contributed by atoms with Crippen LogP contribution in [0.15, 0.2) is 59.1 Å². The molecule has 0 aliphatic heterocycles. The molecule has 3 N–H and O–H groups in total. The Morgan fingerprint density at radius 3 is 2.58 bits per heavy atom. The van der Waals surface area contributed by atoms with E-state index in [4.69, 9.17) is 0 Å². The van der Waals surface area contributed by atoms with Gasteiger partial charge in [0.1, 0.15) is 11.6 Å². The van der Waals surface area contributed by atoms with Crippen LogP contribution in [0.4, 0.5) is 24.9 Å². The summed E-state index contributed by atoms with van der Waals surface area (Å²) in [5, 5.41) is 15.5. The van der Waals surface area contributed by atoms with E-state index in [0.29, 0.717) is 23.6 Å². The van der Waals surface area contributed by atoms with Gasteiger partial charge in [-0.2, -0.15) is 4.98 Å². The largest absolute Gasteiger partial charge is 0.573 e. The summed E-state index contributed by atoms with van der Waals surface area (Å²) >= 11 is 3.43. The van der Waals surface area contributed by atoms with Crippen LogP contribution in [0.3, 0.4) is 0 Å². The smallest absolute Gasteiger partial charge is 0.406 e. The van der Waals surface area contributed by atoms with Gasteiger partial charge in [0, 0.05) is 28.7 Å². The number of ether oxygens (including phenoxy) is 1. The van der Waals surface area contributed by atoms with E-state index >= 15 is 0 Å². The lowest BCUT2D eigenvalue weighted by Gasteiger charge is -2.15. The van der Waals surface area contributed by atoms with Crippen molar-refractivity contribution in [1.82, 2.24) is 9.97 Å². The lowest BCUT2D eigenvalue weighted by molar-refractivity contribution is -0.274. The average molecular weight is 497 g/mol. The Labute approximate surface area is 185 Å². The fourth-order valence-corrected chi connectivity index (χ4v) is 3.16. The molecule has 0 spiro atoms. The molecule has 6 nitrogen and oxygen atoms in total. The van der Waals surface area contributed by atoms with E-state index < -0.39 is 6.36 Å². The summed E-state index contributed by atoms with van der Waals surface area (Å²) in [7, 11) is 0. The number of halogens is 4. The van der Waals surface area contributed by atoms with E-state index in [1.165, 1.54) is 18.2 Å². The van der Waals surface area contributed by atoms with Crippen molar-refractivity contribution in [3.8, 4) is 17.0 Å². The van der Waals surface area contributed by atoms with E-state index in [9.17, 15) is 18.3 Å². The first-order valence-electron chi connectivity index (χ1n) is 9.33. The quantitative estimate of drug-likeness (QED) is 0.397. The fraction of sp³-hybridized carbons (Fsp3) is 0.238. The molecule has 3 aromatic rings. The van der Waals surface area contributed by atoms with Crippen molar-refractivity contribution in [2.45, 2.75) is 25.9 Å². The van der Waals surface area contributed by atoms with Crippen molar-refractivity contribution in [3.05, 3.63) is 64.6 Å². The van der Waals surface area contributed by atoms with Crippen LogP contribution < -0.4 is 15.4 Å². The molecule has 10 heteroatoms. The van der Waals surface area contributed by atoms with Crippen LogP contribution >= 0.6 is 15.9 Å². The molecule has 0 saturated carbocycles. The Bertz CT molecular complexity index is 1030. The topological polar surface area (TPSA) is 79.3 Å². The summed E-state index contributed by atoms with van der Waals surface area (Å²) < 4.78 is 42.7. The van der Waals surface area contributed by atoms with Crippen LogP contribution in [-0.2, 0) is 6.54 Å². The number of aliphatic hydroxyl groups is 1. The maximum absolute atomic E-state index is 12.6. The summed E-state index contributed by atoms with van der Waals surface area (Å²) in [5.74, 6) is 0.364. The predicted octanol–water partition coefficient (Wildman–Crippen LogP) is 5.21. The Kier molecular flexibility index (Phi) is 7.34. The van der Waals surface area contributed by atoms with Crippen molar-refractivity contribution in [3.63, 3.8) is 0 Å². The van der Waals surface area contributed by atoms with Crippen molar-refractivity contribution in [2.75, 3.05) is 17.2 Å². The summed E-state index contributed by atoms with van der Waals surface area (Å²) in [4.78, 5) is 8.78. The molecule has 0 aliphatic carbocycles. The lowest BCUT2D eigenvalue weighted by Crippen LogP contribution is -2.21. The number of nitrogens with zero attached hydrogens (tertiary/aromatic N) is 2. The van der Waals surface area contributed by atoms with E-state index in [-0.39, 0.29) is 24.3 Å². The van der Waals surface area contributed by atoms with Crippen LogP contribution in [0.5, 0.6) is 5.75 Å². The summed E-state index contributed by atoms with van der Waals surface area (Å²) in [6, 6.07) is 14.6. The number of anilines is 2. The third-order valence-electron chi connectivity index (χ3n) is 4.10. The maximum Gasteiger partial charge on any atom is 0.573 e. The Hall–Kier alpha value is -2.85. The molecule has 1 aromatic heterocycles. The molecule has 31 heavy (non-hydrogen) atoms. The van der Waals surface area contributed by atoms with E-state index in [0.717, 1.165) is 10.0 Å². The molecular weight excluding hydrogens is 477 g/mol. The van der Waals surface area contributed by atoms with Gasteiger partial charge < -0.3 is 20.5 Å². The van der Waals surface area contributed by atoms with Crippen molar-refractivity contribution in [1.29, 1.82) is 0 Å². The Morgan fingerprint density at radius 2 is 1.87 bits per heavy atom. The molecule has 3 rings (SSSR count). The summed E-state index contributed by atoms with van der Waals surface area (Å²) in [6.07, 6.45) is -4.79. The molecule has 0 amide bonds. The second kappa shape index (κ2) is 9.97. The molecule has 0 fully saturated rings. The molecule has 1 heterocycles. The molecule has 2 aromatic carbocycles. The van der Waals surface area contributed by atoms with Gasteiger partial charge in [0.2, 0.25) is 5.95 Å². The molecular formula is C21H20BrF3N4O2. The van der Waals surface area contributed by atoms with Gasteiger partial charge in [-0.25, -0.2) is 4.98 Å². The van der Waals surface area contributed by atoms with E-state index in [1.54, 1.807) is 19.1 Å². The highest BCUT2D eigenvalue weighted by Gasteiger charge is 2.31. The number of hydrogen-bond acceptors (Lipinski definition) is 6. The van der Waals surface area contributed by atoms with Gasteiger partial charge in [0.25, 0.3) is 0 Å². The second-order valence-electron chi connectivity index (χ2n) is 6.75. The zero-order chi connectivity index (χ0) is 22.4. The molecule has 0 bridgehead atoms. The first kappa shape index (κ1) is 22.8. The van der Waals surface area contributed by atoms with Gasteiger partial charge >= 0.3 is 6.36 Å². The van der Waals surface area contributed by atoms with Crippen LogP contribution in [0.2, 0.25) is 0 Å². The van der Waals surface area contributed by atoms with Gasteiger partial charge in [-0.3, -0.25) is 0 Å². The van der Waals surface area contributed by atoms with Crippen LogP contribution in [0.1, 0.15) is 12.5 Å². The number of nitrogens with one attached hydrogen (secondary N) is 2. The standard InChI is InChI=1S/C21H20BrF3N4O2/c1-13(12-30)27-20-28-18(15-5-3-7-17(9-15)31-21(23,24)25)10-19(29-20)26-11-14-4-2-6-16(22)8-14/h2-10,13,30H,11-12H2,1H3,(H2,26,27,28,29)/t13-/m1/s1. The fourth-order valence-electron chi connectivity index (χ4n) is 2.71. The molecule has 0 saturated heterocycles. The first-order valence-corrected chi connectivity index (χ1v) is 10.1. The number of alkyl halides is 3. The SMILES string of the molecule is C[C@H](CO)Nc1nc(NCc2cccc(Br)c2)cc(-c2cccc(OC(F)(F)F)c2)n1. The van der Waals surface area contributed by atoms with Crippen LogP contribution in [0.25, 0.3) is 11.3 Å². The number of aromatic nitrogens is 2. The van der Waals surface area contributed by atoms with E-state index in [2.05, 4.69) is 41.3 Å². The predicted molar refractivity (Wildman–Crippen MR) is 116 cm³/mol. The van der Waals surface area contributed by atoms with Crippen LogP contribution in [0, 0.1) is 0 Å². The Balaban J connectivity index is 1.90. The minimum Gasteiger partial charge on any atom is -0.406 e. The van der Waals surface area contributed by atoms with E-state index in [1.807, 2.05) is 24.3 Å². The highest BCUT2D eigenvalue weighted by Crippen LogP contribution is 2.29. The lowest BCUT2D eigenvalue weighted by atomic mass is 10.1. The normalized spacial score (nSPS) is 12.3. The first-order chi connectivity index (χ1) is 14.7. The third kappa shape index (κ3) is 7.11. The van der Waals surface area contributed by atoms with Gasteiger partial charge in [0.15, 0.2) is 0 Å². The zero-order valence-corrected chi connectivity index (χ0v) is 18.0. The Morgan fingerprint density at radius 1 is 1.10 bits per heavy atom. The van der Waals surface area contributed by atoms with Gasteiger partial charge in [-0.05, 0) is 36.8 Å². The highest BCUT2D eigenvalue weighted by atomic mass is 79.9. The van der Waals surface area contributed by atoms with Crippen molar-refractivity contribution >= 4 is 27.7 Å². The molecule has 1 atom stereocenters. The number of aliphatic hydroxyl groups excluding tert-OH is 1. The molecule has 0 radical (unpaired) electrons. The number of hydrogen-bond donors (Lipinski definition) is 3. The average Bonchev–Trinajstić information content (AvgIpc) is 2.71. The molecule has 0 unspecified atom stereocenters. The summed E-state index contributed by atoms with van der Waals surface area (Å²) in [6.45, 7) is 2.09. The van der Waals surface area contributed by atoms with Crippen LogP contribution in [-0.4, -0.2) is 34.1 Å². The van der Waals surface area contributed by atoms with Gasteiger partial charge in [-0.1, -0.05) is 40.2 Å². The highest BCUT2D eigenvalue weighted by molar-refractivity contribution is 9.10. The maximum atomic E-state index is 12.6. The zero-order valence-electron chi connectivity index (χ0n) is 16.4. The van der Waals surface area contributed by atoms with Crippen molar-refractivity contribution < 1.29 is 23.0 Å². The second-order valence-corrected chi connectivity index (χ2v) is 7.66.